The maximum absolute atomic E-state index is 12.5. The summed E-state index contributed by atoms with van der Waals surface area (Å²) in [6.07, 6.45) is 3.67. The molecule has 3 aromatic carbocycles. The monoisotopic (exact) mass is 498 g/mol. The number of aromatic amines is 1. The number of aromatic nitrogens is 1. The van der Waals surface area contributed by atoms with Gasteiger partial charge in [0.1, 0.15) is 0 Å². The van der Waals surface area contributed by atoms with Crippen molar-refractivity contribution in [2.24, 2.45) is 0 Å². The van der Waals surface area contributed by atoms with Crippen molar-refractivity contribution < 1.29 is 9.59 Å². The average Bonchev–Trinajstić information content (AvgIpc) is 3.43. The van der Waals surface area contributed by atoms with Gasteiger partial charge in [0.15, 0.2) is 0 Å². The molecule has 4 aromatic rings. The second kappa shape index (κ2) is 8.80. The van der Waals surface area contributed by atoms with Crippen LogP contribution in [-0.4, -0.2) is 16.9 Å². The van der Waals surface area contributed by atoms with E-state index in [1.54, 1.807) is 0 Å². The lowest BCUT2D eigenvalue weighted by atomic mass is 10.00. The smallest absolute Gasteiger partial charge is 0.323 e. The van der Waals surface area contributed by atoms with Gasteiger partial charge in [-0.05, 0) is 71.8 Å². The summed E-state index contributed by atoms with van der Waals surface area (Å²) < 4.78 is 0.947. The molecule has 0 spiro atoms. The van der Waals surface area contributed by atoms with E-state index in [2.05, 4.69) is 36.9 Å². The van der Waals surface area contributed by atoms with Crippen LogP contribution in [0, 0.1) is 0 Å². The Morgan fingerprint density at radius 1 is 0.848 bits per heavy atom. The van der Waals surface area contributed by atoms with E-state index < -0.39 is 0 Å². The van der Waals surface area contributed by atoms with Crippen molar-refractivity contribution in [2.75, 3.05) is 16.0 Å². The lowest BCUT2D eigenvalue weighted by Gasteiger charge is -2.09. The summed E-state index contributed by atoms with van der Waals surface area (Å²) in [6.45, 7) is 0. The fourth-order valence-electron chi connectivity index (χ4n) is 3.68. The number of carbonyl (C=O) groups is 2. The van der Waals surface area contributed by atoms with Crippen LogP contribution in [0.5, 0.6) is 0 Å². The predicted molar refractivity (Wildman–Crippen MR) is 136 cm³/mol. The van der Waals surface area contributed by atoms with Crippen molar-refractivity contribution >= 4 is 56.6 Å². The third-order valence-corrected chi connectivity index (χ3v) is 5.83. The number of anilines is 3. The highest BCUT2D eigenvalue weighted by molar-refractivity contribution is 9.10. The molecule has 0 aliphatic carbocycles. The largest absolute Gasteiger partial charge is 0.362 e. The average molecular weight is 499 g/mol. The van der Waals surface area contributed by atoms with E-state index >= 15 is 0 Å². The minimum absolute atomic E-state index is 0.118. The Morgan fingerprint density at radius 3 is 2.18 bits per heavy atom. The van der Waals surface area contributed by atoms with Gasteiger partial charge in [0.05, 0.1) is 5.57 Å². The molecule has 33 heavy (non-hydrogen) atoms. The van der Waals surface area contributed by atoms with Gasteiger partial charge < -0.3 is 20.9 Å². The molecule has 1 aliphatic heterocycles. The first-order valence-corrected chi connectivity index (χ1v) is 11.1. The first-order valence-electron chi connectivity index (χ1n) is 10.3. The van der Waals surface area contributed by atoms with Gasteiger partial charge in [-0.25, -0.2) is 4.79 Å². The Hall–Kier alpha value is -4.10. The number of urea groups is 1. The molecular formula is C26H19BrN4O2. The molecule has 0 fully saturated rings. The molecule has 3 amide bonds. The normalized spacial score (nSPS) is 13.5. The van der Waals surface area contributed by atoms with Crippen molar-refractivity contribution in [1.29, 1.82) is 0 Å². The molecule has 162 valence electrons. The Kier molecular flexibility index (Phi) is 5.54. The van der Waals surface area contributed by atoms with Crippen LogP contribution in [0.25, 0.3) is 22.8 Å². The number of benzene rings is 3. The zero-order valence-corrected chi connectivity index (χ0v) is 18.9. The van der Waals surface area contributed by atoms with Crippen molar-refractivity contribution in [3.05, 3.63) is 101 Å². The minimum Gasteiger partial charge on any atom is -0.362 e. The molecule has 0 radical (unpaired) electrons. The van der Waals surface area contributed by atoms with Gasteiger partial charge in [-0.3, -0.25) is 4.79 Å². The van der Waals surface area contributed by atoms with Crippen LogP contribution < -0.4 is 16.0 Å². The number of H-pyrrole nitrogens is 1. The summed E-state index contributed by atoms with van der Waals surface area (Å²) in [5.41, 5.74) is 6.51. The van der Waals surface area contributed by atoms with E-state index in [1.807, 2.05) is 91.1 Å². The number of hydrogen-bond donors (Lipinski definition) is 4. The van der Waals surface area contributed by atoms with Crippen LogP contribution in [0.4, 0.5) is 21.9 Å². The van der Waals surface area contributed by atoms with Crippen molar-refractivity contribution in [3.63, 3.8) is 0 Å². The second-order valence-corrected chi connectivity index (χ2v) is 8.48. The molecule has 5 rings (SSSR count). The summed E-state index contributed by atoms with van der Waals surface area (Å²) in [5.74, 6) is -0.118. The lowest BCUT2D eigenvalue weighted by molar-refractivity contribution is -0.110. The highest BCUT2D eigenvalue weighted by atomic mass is 79.9. The highest BCUT2D eigenvalue weighted by Gasteiger charge is 2.24. The third kappa shape index (κ3) is 4.58. The molecule has 0 saturated heterocycles. The lowest BCUT2D eigenvalue weighted by Crippen LogP contribution is -2.19. The van der Waals surface area contributed by atoms with Crippen molar-refractivity contribution in [2.45, 2.75) is 0 Å². The zero-order chi connectivity index (χ0) is 22.8. The number of amides is 3. The van der Waals surface area contributed by atoms with E-state index in [1.165, 1.54) is 0 Å². The topological polar surface area (TPSA) is 86.0 Å². The summed E-state index contributed by atoms with van der Waals surface area (Å²) in [6, 6.07) is 24.3. The van der Waals surface area contributed by atoms with Gasteiger partial charge in [-0.2, -0.15) is 0 Å². The van der Waals surface area contributed by atoms with Gasteiger partial charge in [-0.15, -0.1) is 0 Å². The van der Waals surface area contributed by atoms with Gasteiger partial charge >= 0.3 is 6.03 Å². The zero-order valence-electron chi connectivity index (χ0n) is 17.4. The summed E-state index contributed by atoms with van der Waals surface area (Å²) >= 11 is 3.37. The number of nitrogens with one attached hydrogen (secondary N) is 4. The van der Waals surface area contributed by atoms with Gasteiger partial charge in [0.25, 0.3) is 5.91 Å². The van der Waals surface area contributed by atoms with Crippen LogP contribution in [0.3, 0.4) is 0 Å². The Morgan fingerprint density at radius 2 is 1.52 bits per heavy atom. The first-order chi connectivity index (χ1) is 16.0. The fourth-order valence-corrected chi connectivity index (χ4v) is 3.94. The van der Waals surface area contributed by atoms with Crippen LogP contribution in [0.2, 0.25) is 0 Å². The Bertz CT molecular complexity index is 1360. The molecule has 4 N–H and O–H groups in total. The quantitative estimate of drug-likeness (QED) is 0.239. The predicted octanol–water partition coefficient (Wildman–Crippen LogP) is 6.58. The maximum atomic E-state index is 12.5. The Labute approximate surface area is 198 Å². The second-order valence-electron chi connectivity index (χ2n) is 7.56. The van der Waals surface area contributed by atoms with Crippen LogP contribution in [0.1, 0.15) is 11.3 Å². The van der Waals surface area contributed by atoms with E-state index in [9.17, 15) is 9.59 Å². The molecule has 0 unspecified atom stereocenters. The van der Waals surface area contributed by atoms with Crippen LogP contribution in [-0.2, 0) is 4.79 Å². The van der Waals surface area contributed by atoms with E-state index in [-0.39, 0.29) is 11.9 Å². The maximum Gasteiger partial charge on any atom is 0.323 e. The van der Waals surface area contributed by atoms with Crippen LogP contribution >= 0.6 is 15.9 Å². The highest BCUT2D eigenvalue weighted by Crippen LogP contribution is 2.36. The molecule has 0 saturated carbocycles. The molecular weight excluding hydrogens is 480 g/mol. The summed E-state index contributed by atoms with van der Waals surface area (Å²) in [5, 5.41) is 8.57. The molecule has 0 atom stereocenters. The van der Waals surface area contributed by atoms with E-state index in [4.69, 9.17) is 0 Å². The molecule has 7 heteroatoms. The number of rotatable bonds is 4. The van der Waals surface area contributed by atoms with Gasteiger partial charge in [0.2, 0.25) is 0 Å². The molecule has 6 nitrogen and oxygen atoms in total. The SMILES string of the molecule is O=C(Nc1ccc(Br)cc1)Nc1ccc(-c2ccc3c(c2)NC(=O)/C3=C\c2ccc[nH]2)cc1. The van der Waals surface area contributed by atoms with E-state index in [0.717, 1.165) is 32.5 Å². The minimum atomic E-state index is -0.313. The third-order valence-electron chi connectivity index (χ3n) is 5.30. The fraction of sp³-hybridized carbons (Fsp3) is 0. The summed E-state index contributed by atoms with van der Waals surface area (Å²) in [4.78, 5) is 27.8. The van der Waals surface area contributed by atoms with E-state index in [0.29, 0.717) is 16.9 Å². The van der Waals surface area contributed by atoms with Crippen molar-refractivity contribution in [1.82, 2.24) is 4.98 Å². The summed E-state index contributed by atoms with van der Waals surface area (Å²) in [7, 11) is 0. The Balaban J connectivity index is 1.30. The molecule has 2 heterocycles. The molecule has 0 bridgehead atoms. The van der Waals surface area contributed by atoms with Gasteiger partial charge in [-0.1, -0.05) is 40.2 Å². The number of carbonyl (C=O) groups excluding carboxylic acids is 2. The molecule has 1 aromatic heterocycles. The van der Waals surface area contributed by atoms with Crippen LogP contribution in [0.15, 0.2) is 89.5 Å². The first kappa shape index (κ1) is 20.8. The number of hydrogen-bond acceptors (Lipinski definition) is 2. The molecule has 1 aliphatic rings. The van der Waals surface area contributed by atoms with Gasteiger partial charge in [0, 0.05) is 39.0 Å². The number of halogens is 1. The number of fused-ring (bicyclic) bond motifs is 1. The standard InChI is InChI=1S/C26H19BrN4O2/c27-18-6-10-20(11-7-18)30-26(33)29-19-8-3-16(4-9-19)17-5-12-22-23(15-21-2-1-13-28-21)25(32)31-24(22)14-17/h1-15,28H,(H,31,32)(H2,29,30,33)/b23-15-. The van der Waals surface area contributed by atoms with Crippen molar-refractivity contribution in [3.8, 4) is 11.1 Å².